The molecule has 0 fully saturated rings. The largest absolute Gasteiger partial charge is 0.495 e. The molecule has 3 N–H and O–H groups in total. The number of amidine groups is 1. The summed E-state index contributed by atoms with van der Waals surface area (Å²) in [5.74, 6) is -0.755. The molecule has 0 spiro atoms. The summed E-state index contributed by atoms with van der Waals surface area (Å²) in [5.41, 5.74) is 3.88. The highest BCUT2D eigenvalue weighted by molar-refractivity contribution is 5.91. The summed E-state index contributed by atoms with van der Waals surface area (Å²) in [6, 6.07) is 3.24. The number of hydrogen-bond donors (Lipinski definition) is 2. The number of nitrogens with zero attached hydrogens (tertiary/aromatic N) is 2. The Labute approximate surface area is 172 Å². The van der Waals surface area contributed by atoms with Crippen LogP contribution in [0.3, 0.4) is 0 Å². The van der Waals surface area contributed by atoms with E-state index in [0.717, 1.165) is 6.07 Å². The molecule has 0 saturated heterocycles. The average Bonchev–Trinajstić information content (AvgIpc) is 2.73. The lowest BCUT2D eigenvalue weighted by molar-refractivity contribution is -0.115. The van der Waals surface area contributed by atoms with Gasteiger partial charge in [0.2, 0.25) is 5.91 Å². The van der Waals surface area contributed by atoms with Gasteiger partial charge in [-0.15, -0.1) is 0 Å². The first-order chi connectivity index (χ1) is 14.4. The van der Waals surface area contributed by atoms with Crippen LogP contribution < -0.4 is 11.1 Å². The maximum Gasteiger partial charge on any atom is 0.283 e. The van der Waals surface area contributed by atoms with E-state index in [2.05, 4.69) is 22.0 Å². The Morgan fingerprint density at radius 1 is 1.53 bits per heavy atom. The van der Waals surface area contributed by atoms with Gasteiger partial charge in [-0.2, -0.15) is 0 Å². The predicted molar refractivity (Wildman–Crippen MR) is 108 cm³/mol. The zero-order valence-electron chi connectivity index (χ0n) is 16.4. The minimum Gasteiger partial charge on any atom is -0.495 e. The number of amides is 1. The van der Waals surface area contributed by atoms with E-state index in [-0.39, 0.29) is 24.1 Å². The topological polar surface area (TPSA) is 98.3 Å². The van der Waals surface area contributed by atoms with Gasteiger partial charge in [-0.05, 0) is 31.0 Å². The van der Waals surface area contributed by atoms with Crippen molar-refractivity contribution in [1.29, 1.82) is 0 Å². The molecule has 30 heavy (non-hydrogen) atoms. The van der Waals surface area contributed by atoms with Crippen molar-refractivity contribution in [1.82, 2.24) is 0 Å². The van der Waals surface area contributed by atoms with Gasteiger partial charge < -0.3 is 20.5 Å². The van der Waals surface area contributed by atoms with Crippen LogP contribution in [0.4, 0.5) is 18.9 Å². The van der Waals surface area contributed by atoms with Crippen LogP contribution in [0.2, 0.25) is 0 Å². The first-order valence-electron chi connectivity index (χ1n) is 8.97. The minimum absolute atomic E-state index is 0.0122. The number of methoxy groups -OCH3 is 1. The SMILES string of the molecule is C=NC=C(C=CCC(=O)Nc1ccc(F)c(C2(CF)CC(CF)OC(N)=N2)c1)OC. The number of nitrogens with one attached hydrogen (secondary N) is 1. The molecule has 2 atom stereocenters. The van der Waals surface area contributed by atoms with E-state index in [4.69, 9.17) is 15.2 Å². The average molecular weight is 424 g/mol. The second kappa shape index (κ2) is 10.5. The summed E-state index contributed by atoms with van der Waals surface area (Å²) in [7, 11) is 1.45. The lowest BCUT2D eigenvalue weighted by Crippen LogP contribution is -2.43. The second-order valence-corrected chi connectivity index (χ2v) is 6.48. The Hall–Kier alpha value is -3.30. The Morgan fingerprint density at radius 2 is 2.30 bits per heavy atom. The van der Waals surface area contributed by atoms with Gasteiger partial charge in [0.1, 0.15) is 36.6 Å². The van der Waals surface area contributed by atoms with Crippen molar-refractivity contribution in [3.05, 3.63) is 53.7 Å². The molecular weight excluding hydrogens is 401 g/mol. The maximum atomic E-state index is 14.5. The Morgan fingerprint density at radius 3 is 2.93 bits per heavy atom. The van der Waals surface area contributed by atoms with Crippen LogP contribution in [-0.2, 0) is 19.8 Å². The smallest absolute Gasteiger partial charge is 0.283 e. The highest BCUT2D eigenvalue weighted by Gasteiger charge is 2.42. The van der Waals surface area contributed by atoms with Crippen LogP contribution in [0.5, 0.6) is 0 Å². The van der Waals surface area contributed by atoms with Crippen molar-refractivity contribution in [3.8, 4) is 0 Å². The molecule has 7 nitrogen and oxygen atoms in total. The monoisotopic (exact) mass is 424 g/mol. The summed E-state index contributed by atoms with van der Waals surface area (Å²) in [6.45, 7) is 1.26. The van der Waals surface area contributed by atoms with E-state index in [9.17, 15) is 18.0 Å². The fourth-order valence-corrected chi connectivity index (χ4v) is 2.99. The highest BCUT2D eigenvalue weighted by atomic mass is 19.1. The summed E-state index contributed by atoms with van der Waals surface area (Å²) < 4.78 is 51.6. The molecule has 1 aliphatic rings. The zero-order chi connectivity index (χ0) is 22.1. The molecule has 0 saturated carbocycles. The van der Waals surface area contributed by atoms with E-state index in [1.54, 1.807) is 12.2 Å². The third kappa shape index (κ3) is 5.62. The van der Waals surface area contributed by atoms with Gasteiger partial charge in [0.05, 0.1) is 13.3 Å². The number of halogens is 3. The number of carbonyl (C=O) groups is 1. The Bertz CT molecular complexity index is 873. The van der Waals surface area contributed by atoms with E-state index in [0.29, 0.717) is 5.76 Å². The van der Waals surface area contributed by atoms with Crippen LogP contribution in [0, 0.1) is 5.82 Å². The van der Waals surface area contributed by atoms with Crippen LogP contribution in [0.25, 0.3) is 0 Å². The molecule has 162 valence electrons. The molecule has 1 aromatic rings. The predicted octanol–water partition coefficient (Wildman–Crippen LogP) is 3.14. The van der Waals surface area contributed by atoms with Gasteiger partial charge in [-0.25, -0.2) is 18.2 Å². The van der Waals surface area contributed by atoms with Crippen molar-refractivity contribution in [3.63, 3.8) is 0 Å². The second-order valence-electron chi connectivity index (χ2n) is 6.48. The molecule has 2 rings (SSSR count). The Kier molecular flexibility index (Phi) is 8.02. The number of rotatable bonds is 9. The fourth-order valence-electron chi connectivity index (χ4n) is 2.99. The van der Waals surface area contributed by atoms with Crippen molar-refractivity contribution in [2.45, 2.75) is 24.5 Å². The number of aliphatic imine (C=N–C) groups is 2. The van der Waals surface area contributed by atoms with Gasteiger partial charge in [-0.3, -0.25) is 9.79 Å². The molecular formula is C20H23F3N4O3. The summed E-state index contributed by atoms with van der Waals surface area (Å²) in [4.78, 5) is 19.6. The lowest BCUT2D eigenvalue weighted by Gasteiger charge is -2.35. The van der Waals surface area contributed by atoms with E-state index < -0.39 is 42.7 Å². The van der Waals surface area contributed by atoms with E-state index in [1.165, 1.54) is 25.4 Å². The van der Waals surface area contributed by atoms with Gasteiger partial charge in [0.15, 0.2) is 0 Å². The third-order valence-corrected chi connectivity index (χ3v) is 4.36. The van der Waals surface area contributed by atoms with Gasteiger partial charge >= 0.3 is 0 Å². The van der Waals surface area contributed by atoms with Crippen LogP contribution in [0.15, 0.2) is 52.3 Å². The summed E-state index contributed by atoms with van der Waals surface area (Å²) >= 11 is 0. The van der Waals surface area contributed by atoms with Gasteiger partial charge in [0.25, 0.3) is 6.02 Å². The molecule has 0 aliphatic carbocycles. The zero-order valence-corrected chi connectivity index (χ0v) is 16.4. The van der Waals surface area contributed by atoms with Gasteiger partial charge in [-0.1, -0.05) is 6.08 Å². The molecule has 1 aliphatic heterocycles. The molecule has 2 unspecified atom stereocenters. The van der Waals surface area contributed by atoms with E-state index in [1.807, 2.05) is 0 Å². The number of anilines is 1. The normalized spacial score (nSPS) is 21.7. The maximum absolute atomic E-state index is 14.5. The van der Waals surface area contributed by atoms with Crippen molar-refractivity contribution in [2.75, 3.05) is 25.8 Å². The molecule has 0 aromatic heterocycles. The number of hydrogen-bond acceptors (Lipinski definition) is 6. The number of benzene rings is 1. The highest BCUT2D eigenvalue weighted by Crippen LogP contribution is 2.38. The number of nitrogens with two attached hydrogens (primary N) is 1. The number of carbonyl (C=O) groups excluding carboxylic acids is 1. The quantitative estimate of drug-likeness (QED) is 0.362. The summed E-state index contributed by atoms with van der Waals surface area (Å²) in [5, 5.41) is 2.59. The fraction of sp³-hybridized carbons (Fsp3) is 0.350. The lowest BCUT2D eigenvalue weighted by atomic mass is 9.85. The third-order valence-electron chi connectivity index (χ3n) is 4.36. The minimum atomic E-state index is -1.74. The molecule has 0 bridgehead atoms. The first kappa shape index (κ1) is 23.0. The number of ether oxygens (including phenoxy) is 2. The molecule has 0 radical (unpaired) electrons. The van der Waals surface area contributed by atoms with Crippen LogP contribution in [0.1, 0.15) is 18.4 Å². The number of allylic oxidation sites excluding steroid dienone is 1. The summed E-state index contributed by atoms with van der Waals surface area (Å²) in [6.07, 6.45) is 3.16. The molecule has 1 heterocycles. The van der Waals surface area contributed by atoms with Crippen molar-refractivity contribution >= 4 is 24.3 Å². The first-order valence-corrected chi connectivity index (χ1v) is 8.97. The molecule has 1 amide bonds. The standard InChI is InChI=1S/C20H23F3N4O3/c1-25-11-14(29-2)4-3-5-18(28)26-13-6-7-17(23)16(8-13)20(12-22)9-15(10-21)30-19(24)27-20/h3-4,6-8,11,15H,1,5,9-10,12H2,2H3,(H2,24,27)(H,26,28). The van der Waals surface area contributed by atoms with Crippen molar-refractivity contribution in [2.24, 2.45) is 15.7 Å². The van der Waals surface area contributed by atoms with E-state index >= 15 is 0 Å². The van der Waals surface area contributed by atoms with Crippen LogP contribution >= 0.6 is 0 Å². The number of alkyl halides is 2. The van der Waals surface area contributed by atoms with Gasteiger partial charge in [0, 0.05) is 24.1 Å². The molecule has 1 aromatic carbocycles. The van der Waals surface area contributed by atoms with Crippen molar-refractivity contribution < 1.29 is 27.4 Å². The van der Waals surface area contributed by atoms with Crippen LogP contribution in [-0.4, -0.2) is 45.2 Å². The Balaban J connectivity index is 2.21. The molecule has 10 heteroatoms.